The van der Waals surface area contributed by atoms with Crippen molar-refractivity contribution >= 4 is 73.9 Å². The van der Waals surface area contributed by atoms with Gasteiger partial charge in [-0.25, -0.2) is 8.42 Å². The minimum Gasteiger partial charge on any atom is -0.350 e. The number of benzene rings is 2. The van der Waals surface area contributed by atoms with Gasteiger partial charge in [0.15, 0.2) is 0 Å². The molecule has 0 saturated heterocycles. The van der Waals surface area contributed by atoms with Crippen LogP contribution in [0.5, 0.6) is 0 Å². The molecule has 0 aliphatic rings. The lowest BCUT2D eigenvalue weighted by atomic mass is 10.1. The molecular weight excluding hydrogens is 556 g/mol. The third kappa shape index (κ3) is 8.43. The first-order valence-corrected chi connectivity index (χ1v) is 13.8. The van der Waals surface area contributed by atoms with E-state index in [1.165, 1.54) is 29.2 Å². The zero-order valence-electron chi connectivity index (χ0n) is 19.9. The van der Waals surface area contributed by atoms with Crippen molar-refractivity contribution in [3.8, 4) is 0 Å². The Morgan fingerprint density at radius 1 is 0.971 bits per heavy atom. The molecule has 1 N–H and O–H groups in total. The molecule has 2 amide bonds. The third-order valence-electron chi connectivity index (χ3n) is 4.88. The van der Waals surface area contributed by atoms with Crippen LogP contribution < -0.4 is 9.62 Å². The number of nitrogens with zero attached hydrogens (tertiary/aromatic N) is 2. The summed E-state index contributed by atoms with van der Waals surface area (Å²) in [5.74, 6) is -1.06. The van der Waals surface area contributed by atoms with E-state index in [1.54, 1.807) is 19.1 Å². The summed E-state index contributed by atoms with van der Waals surface area (Å²) in [6.07, 6.45) is 0.952. The fourth-order valence-corrected chi connectivity index (χ4v) is 4.92. The third-order valence-corrected chi connectivity index (χ3v) is 7.15. The Kier molecular flexibility index (Phi) is 9.75. The highest BCUT2D eigenvalue weighted by molar-refractivity contribution is 7.92. The van der Waals surface area contributed by atoms with Crippen LogP contribution in [0.25, 0.3) is 0 Å². The number of amides is 2. The van der Waals surface area contributed by atoms with Crippen molar-refractivity contribution in [2.45, 2.75) is 45.8 Å². The maximum Gasteiger partial charge on any atom is 0.244 e. The molecule has 0 heterocycles. The largest absolute Gasteiger partial charge is 0.350 e. The van der Waals surface area contributed by atoms with Crippen molar-refractivity contribution in [1.29, 1.82) is 0 Å². The number of anilines is 1. The van der Waals surface area contributed by atoms with E-state index < -0.39 is 40.0 Å². The molecule has 12 heteroatoms. The number of hydrogen-bond acceptors (Lipinski definition) is 4. The molecule has 0 aromatic heterocycles. The summed E-state index contributed by atoms with van der Waals surface area (Å²) >= 11 is 24.6. The van der Waals surface area contributed by atoms with Crippen LogP contribution in [0, 0.1) is 0 Å². The lowest BCUT2D eigenvalue weighted by Gasteiger charge is -2.33. The van der Waals surface area contributed by atoms with E-state index in [-0.39, 0.29) is 22.3 Å². The minimum atomic E-state index is -3.95. The van der Waals surface area contributed by atoms with Crippen LogP contribution in [-0.2, 0) is 26.2 Å². The van der Waals surface area contributed by atoms with Gasteiger partial charge in [0, 0.05) is 27.2 Å². The number of sulfonamides is 1. The zero-order valence-corrected chi connectivity index (χ0v) is 23.7. The number of nitrogens with one attached hydrogen (secondary N) is 1. The van der Waals surface area contributed by atoms with Gasteiger partial charge in [0.25, 0.3) is 0 Å². The highest BCUT2D eigenvalue weighted by Crippen LogP contribution is 2.31. The van der Waals surface area contributed by atoms with Crippen molar-refractivity contribution in [3.63, 3.8) is 0 Å². The van der Waals surface area contributed by atoms with Crippen molar-refractivity contribution in [1.82, 2.24) is 10.2 Å². The molecule has 0 aliphatic heterocycles. The van der Waals surface area contributed by atoms with Gasteiger partial charge in [-0.15, -0.1) is 0 Å². The highest BCUT2D eigenvalue weighted by atomic mass is 35.5. The van der Waals surface area contributed by atoms with Crippen LogP contribution in [0.4, 0.5) is 5.69 Å². The molecule has 2 aromatic rings. The highest BCUT2D eigenvalue weighted by Gasteiger charge is 2.32. The van der Waals surface area contributed by atoms with Gasteiger partial charge in [-0.3, -0.25) is 13.9 Å². The molecule has 35 heavy (non-hydrogen) atoms. The molecule has 1 atom stereocenters. The summed E-state index contributed by atoms with van der Waals surface area (Å²) in [4.78, 5) is 27.8. The van der Waals surface area contributed by atoms with Crippen LogP contribution >= 0.6 is 46.4 Å². The Balaban J connectivity index is 2.49. The van der Waals surface area contributed by atoms with E-state index in [0.717, 1.165) is 10.6 Å². The second-order valence-corrected chi connectivity index (χ2v) is 12.6. The minimum absolute atomic E-state index is 0.0475. The second kappa shape index (κ2) is 11.6. The summed E-state index contributed by atoms with van der Waals surface area (Å²) in [7, 11) is -3.95. The molecule has 0 saturated carbocycles. The summed E-state index contributed by atoms with van der Waals surface area (Å²) in [5, 5.41) is 3.89. The lowest BCUT2D eigenvalue weighted by Crippen LogP contribution is -2.54. The van der Waals surface area contributed by atoms with Gasteiger partial charge >= 0.3 is 0 Å². The smallest absolute Gasteiger partial charge is 0.244 e. The average molecular weight is 583 g/mol. The Morgan fingerprint density at radius 3 is 2.09 bits per heavy atom. The molecule has 7 nitrogen and oxygen atoms in total. The van der Waals surface area contributed by atoms with E-state index in [4.69, 9.17) is 46.4 Å². The number of carbonyl (C=O) groups is 2. The number of carbonyl (C=O) groups excluding carboxylic acids is 2. The molecule has 2 rings (SSSR count). The first kappa shape index (κ1) is 29.5. The van der Waals surface area contributed by atoms with Gasteiger partial charge in [0.05, 0.1) is 17.0 Å². The molecule has 0 fully saturated rings. The van der Waals surface area contributed by atoms with Crippen molar-refractivity contribution in [2.75, 3.05) is 17.1 Å². The molecule has 0 bridgehead atoms. The maximum absolute atomic E-state index is 13.6. The monoisotopic (exact) mass is 581 g/mol. The van der Waals surface area contributed by atoms with Gasteiger partial charge < -0.3 is 10.2 Å². The quantitative estimate of drug-likeness (QED) is 0.451. The first-order valence-electron chi connectivity index (χ1n) is 10.5. The zero-order chi connectivity index (χ0) is 26.7. The van der Waals surface area contributed by atoms with Crippen molar-refractivity contribution in [3.05, 3.63) is 62.1 Å². The predicted molar refractivity (Wildman–Crippen MR) is 143 cm³/mol. The fraction of sp³-hybridized carbons (Fsp3) is 0.391. The fourth-order valence-electron chi connectivity index (χ4n) is 3.16. The van der Waals surface area contributed by atoms with Crippen LogP contribution in [0.3, 0.4) is 0 Å². The van der Waals surface area contributed by atoms with Crippen LogP contribution in [0.15, 0.2) is 36.4 Å². The Hall–Kier alpha value is -1.71. The second-order valence-electron chi connectivity index (χ2n) is 9.04. The number of halogens is 4. The topological polar surface area (TPSA) is 86.8 Å². The first-order chi connectivity index (χ1) is 16.0. The van der Waals surface area contributed by atoms with Crippen LogP contribution in [0.1, 0.15) is 33.3 Å². The summed E-state index contributed by atoms with van der Waals surface area (Å²) < 4.78 is 26.1. The molecular formula is C23H27Cl4N3O4S. The maximum atomic E-state index is 13.6. The van der Waals surface area contributed by atoms with Gasteiger partial charge in [-0.1, -0.05) is 52.5 Å². The molecule has 0 unspecified atom stereocenters. The van der Waals surface area contributed by atoms with Crippen LogP contribution in [0.2, 0.25) is 20.1 Å². The molecule has 0 spiro atoms. The Labute approximate surface area is 226 Å². The van der Waals surface area contributed by atoms with E-state index in [9.17, 15) is 18.0 Å². The van der Waals surface area contributed by atoms with Gasteiger partial charge in [-0.2, -0.15) is 0 Å². The van der Waals surface area contributed by atoms with Crippen molar-refractivity contribution in [2.24, 2.45) is 0 Å². The van der Waals surface area contributed by atoms with Crippen LogP contribution in [-0.4, -0.2) is 49.5 Å². The van der Waals surface area contributed by atoms with E-state index in [0.29, 0.717) is 15.6 Å². The predicted octanol–water partition coefficient (Wildman–Crippen LogP) is 5.40. The van der Waals surface area contributed by atoms with E-state index in [1.807, 2.05) is 20.8 Å². The number of rotatable bonds is 8. The molecule has 192 valence electrons. The SMILES string of the molecule is C[C@@H](C(=O)NC(C)(C)C)N(Cc1ccc(Cl)cc1Cl)C(=O)CN(c1cc(Cl)ccc1Cl)S(C)(=O)=O. The molecule has 0 radical (unpaired) electrons. The lowest BCUT2D eigenvalue weighted by molar-refractivity contribution is -0.140. The normalized spacial score (nSPS) is 12.7. The van der Waals surface area contributed by atoms with E-state index >= 15 is 0 Å². The standard InChI is InChI=1S/C23H27Cl4N3O4S/c1-14(22(32)28-23(2,3)4)29(12-15-6-7-16(24)10-19(15)27)21(31)13-30(35(5,33)34)20-11-17(25)8-9-18(20)26/h6-11,14H,12-13H2,1-5H3,(H,28,32)/t14-/m0/s1. The summed E-state index contributed by atoms with van der Waals surface area (Å²) in [6.45, 7) is 6.32. The Morgan fingerprint density at radius 2 is 1.54 bits per heavy atom. The molecule has 2 aromatic carbocycles. The van der Waals surface area contributed by atoms with Gasteiger partial charge in [0.2, 0.25) is 21.8 Å². The van der Waals surface area contributed by atoms with E-state index in [2.05, 4.69) is 5.32 Å². The van der Waals surface area contributed by atoms with Gasteiger partial charge in [-0.05, 0) is 63.6 Å². The Bertz CT molecular complexity index is 1220. The number of hydrogen-bond donors (Lipinski definition) is 1. The summed E-state index contributed by atoms with van der Waals surface area (Å²) in [6, 6.07) is 8.12. The van der Waals surface area contributed by atoms with Crippen molar-refractivity contribution < 1.29 is 18.0 Å². The average Bonchev–Trinajstić information content (AvgIpc) is 2.70. The summed E-state index contributed by atoms with van der Waals surface area (Å²) in [5.41, 5.74) is 0.0308. The molecule has 0 aliphatic carbocycles. The van der Waals surface area contributed by atoms with Gasteiger partial charge in [0.1, 0.15) is 12.6 Å².